The maximum atomic E-state index is 5.58. The average molecular weight is 254 g/mol. The van der Waals surface area contributed by atoms with Crippen LogP contribution in [0.3, 0.4) is 0 Å². The summed E-state index contributed by atoms with van der Waals surface area (Å²) in [6, 6.07) is 2.21. The molecule has 4 heteroatoms. The zero-order valence-corrected chi connectivity index (χ0v) is 11.6. The van der Waals surface area contributed by atoms with Crippen LogP contribution in [-0.2, 0) is 11.3 Å². The van der Waals surface area contributed by atoms with Crippen molar-refractivity contribution in [3.8, 4) is 0 Å². The van der Waals surface area contributed by atoms with E-state index in [-0.39, 0.29) is 0 Å². The Hall–Kier alpha value is -0.420. The maximum Gasteiger partial charge on any atom is 0.0547 e. The van der Waals surface area contributed by atoms with Crippen molar-refractivity contribution in [3.05, 3.63) is 22.4 Å². The third kappa shape index (κ3) is 3.52. The molecule has 0 bridgehead atoms. The van der Waals surface area contributed by atoms with E-state index in [1.54, 1.807) is 11.3 Å². The molecule has 0 amide bonds. The summed E-state index contributed by atoms with van der Waals surface area (Å²) in [6.07, 6.45) is 1.17. The molecule has 1 aromatic heterocycles. The van der Waals surface area contributed by atoms with E-state index in [0.717, 1.165) is 32.8 Å². The number of ether oxygens (including phenoxy) is 1. The molecule has 1 aromatic rings. The van der Waals surface area contributed by atoms with Gasteiger partial charge in [-0.15, -0.1) is 0 Å². The summed E-state index contributed by atoms with van der Waals surface area (Å²) in [6.45, 7) is 4.98. The van der Waals surface area contributed by atoms with E-state index < -0.39 is 0 Å². The lowest BCUT2D eigenvalue weighted by Gasteiger charge is -2.32. The average Bonchev–Trinajstić information content (AvgIpc) is 2.90. The lowest BCUT2D eigenvalue weighted by Crippen LogP contribution is -2.42. The van der Waals surface area contributed by atoms with E-state index in [9.17, 15) is 0 Å². The number of hydrogen-bond acceptors (Lipinski definition) is 4. The van der Waals surface area contributed by atoms with E-state index in [4.69, 9.17) is 4.74 Å². The van der Waals surface area contributed by atoms with Gasteiger partial charge in [-0.25, -0.2) is 0 Å². The fourth-order valence-corrected chi connectivity index (χ4v) is 3.33. The predicted octanol–water partition coefficient (Wildman–Crippen LogP) is 1.81. The molecule has 1 fully saturated rings. The van der Waals surface area contributed by atoms with Crippen LogP contribution in [0.2, 0.25) is 0 Å². The molecule has 1 unspecified atom stereocenters. The smallest absolute Gasteiger partial charge is 0.0547 e. The van der Waals surface area contributed by atoms with Crippen LogP contribution in [0, 0.1) is 5.41 Å². The zero-order valence-electron chi connectivity index (χ0n) is 10.7. The molecule has 0 saturated carbocycles. The van der Waals surface area contributed by atoms with Crippen molar-refractivity contribution in [3.63, 3.8) is 0 Å². The second-order valence-electron chi connectivity index (χ2n) is 5.14. The summed E-state index contributed by atoms with van der Waals surface area (Å²) in [5.41, 5.74) is 1.72. The van der Waals surface area contributed by atoms with Gasteiger partial charge in [0.05, 0.1) is 6.61 Å². The van der Waals surface area contributed by atoms with Crippen molar-refractivity contribution in [1.82, 2.24) is 10.2 Å². The minimum Gasteiger partial charge on any atom is -0.381 e. The molecule has 96 valence electrons. The third-order valence-corrected chi connectivity index (χ3v) is 4.11. The van der Waals surface area contributed by atoms with Gasteiger partial charge in [-0.05, 0) is 42.9 Å². The number of nitrogens with zero attached hydrogens (tertiary/aromatic N) is 1. The van der Waals surface area contributed by atoms with Gasteiger partial charge in [-0.2, -0.15) is 11.3 Å². The predicted molar refractivity (Wildman–Crippen MR) is 72.4 cm³/mol. The van der Waals surface area contributed by atoms with Gasteiger partial charge in [0.1, 0.15) is 0 Å². The molecule has 1 saturated heterocycles. The summed E-state index contributed by atoms with van der Waals surface area (Å²) < 4.78 is 5.58. The van der Waals surface area contributed by atoms with Gasteiger partial charge in [-0.3, -0.25) is 0 Å². The van der Waals surface area contributed by atoms with Crippen LogP contribution < -0.4 is 5.32 Å². The van der Waals surface area contributed by atoms with Crippen molar-refractivity contribution in [2.24, 2.45) is 5.41 Å². The highest BCUT2D eigenvalue weighted by Gasteiger charge is 2.35. The molecule has 1 atom stereocenters. The van der Waals surface area contributed by atoms with Gasteiger partial charge in [0.25, 0.3) is 0 Å². The number of rotatable bonds is 6. The number of nitrogens with one attached hydrogen (secondary N) is 1. The SMILES string of the molecule is CNCC1(CN(C)Cc2ccsc2)CCOC1. The highest BCUT2D eigenvalue weighted by Crippen LogP contribution is 2.29. The Morgan fingerprint density at radius 1 is 1.59 bits per heavy atom. The van der Waals surface area contributed by atoms with Gasteiger partial charge >= 0.3 is 0 Å². The van der Waals surface area contributed by atoms with E-state index in [1.807, 2.05) is 7.05 Å². The fourth-order valence-electron chi connectivity index (χ4n) is 2.67. The number of hydrogen-bond donors (Lipinski definition) is 1. The van der Waals surface area contributed by atoms with E-state index >= 15 is 0 Å². The van der Waals surface area contributed by atoms with E-state index in [2.05, 4.69) is 34.1 Å². The topological polar surface area (TPSA) is 24.5 Å². The summed E-state index contributed by atoms with van der Waals surface area (Å²) >= 11 is 1.77. The van der Waals surface area contributed by atoms with Crippen LogP contribution in [0.25, 0.3) is 0 Å². The molecule has 2 rings (SSSR count). The van der Waals surface area contributed by atoms with Crippen molar-refractivity contribution >= 4 is 11.3 Å². The first-order valence-electron chi connectivity index (χ1n) is 6.16. The van der Waals surface area contributed by atoms with Gasteiger partial charge < -0.3 is 15.0 Å². The van der Waals surface area contributed by atoms with Gasteiger partial charge in [0.2, 0.25) is 0 Å². The second-order valence-corrected chi connectivity index (χ2v) is 5.92. The molecule has 0 spiro atoms. The highest BCUT2D eigenvalue weighted by molar-refractivity contribution is 7.07. The first-order valence-corrected chi connectivity index (χ1v) is 7.10. The fraction of sp³-hybridized carbons (Fsp3) is 0.692. The van der Waals surface area contributed by atoms with Gasteiger partial charge in [0.15, 0.2) is 0 Å². The largest absolute Gasteiger partial charge is 0.381 e. The second kappa shape index (κ2) is 5.96. The quantitative estimate of drug-likeness (QED) is 0.838. The molecule has 2 heterocycles. The van der Waals surface area contributed by atoms with Crippen LogP contribution in [0.1, 0.15) is 12.0 Å². The molecular formula is C13H22N2OS. The Kier molecular flexibility index (Phi) is 4.56. The first-order chi connectivity index (χ1) is 8.24. The Labute approximate surface area is 108 Å². The van der Waals surface area contributed by atoms with Crippen LogP contribution in [-0.4, -0.2) is 45.3 Å². The summed E-state index contributed by atoms with van der Waals surface area (Å²) in [7, 11) is 4.23. The van der Waals surface area contributed by atoms with Crippen molar-refractivity contribution in [1.29, 1.82) is 0 Å². The monoisotopic (exact) mass is 254 g/mol. The molecule has 1 aliphatic heterocycles. The maximum absolute atomic E-state index is 5.58. The Balaban J connectivity index is 1.89. The van der Waals surface area contributed by atoms with Crippen molar-refractivity contribution in [2.45, 2.75) is 13.0 Å². The summed E-state index contributed by atoms with van der Waals surface area (Å²) in [5.74, 6) is 0. The third-order valence-electron chi connectivity index (χ3n) is 3.37. The lowest BCUT2D eigenvalue weighted by molar-refractivity contribution is 0.118. The van der Waals surface area contributed by atoms with Crippen LogP contribution in [0.4, 0.5) is 0 Å². The summed E-state index contributed by atoms with van der Waals surface area (Å²) in [4.78, 5) is 2.41. The Morgan fingerprint density at radius 3 is 3.06 bits per heavy atom. The van der Waals surface area contributed by atoms with E-state index in [0.29, 0.717) is 5.41 Å². The van der Waals surface area contributed by atoms with Crippen LogP contribution >= 0.6 is 11.3 Å². The molecule has 0 aromatic carbocycles. The molecular weight excluding hydrogens is 232 g/mol. The Morgan fingerprint density at radius 2 is 2.47 bits per heavy atom. The molecule has 17 heavy (non-hydrogen) atoms. The van der Waals surface area contributed by atoms with Gasteiger partial charge in [0, 0.05) is 31.7 Å². The molecule has 3 nitrogen and oxygen atoms in total. The highest BCUT2D eigenvalue weighted by atomic mass is 32.1. The molecule has 1 aliphatic rings. The molecule has 0 radical (unpaired) electrons. The minimum absolute atomic E-state index is 0.305. The van der Waals surface area contributed by atoms with Crippen molar-refractivity contribution < 1.29 is 4.74 Å². The Bertz CT molecular complexity index is 320. The van der Waals surface area contributed by atoms with Crippen LogP contribution in [0.5, 0.6) is 0 Å². The normalized spacial score (nSPS) is 24.6. The summed E-state index contributed by atoms with van der Waals surface area (Å²) in [5, 5.41) is 7.68. The van der Waals surface area contributed by atoms with E-state index in [1.165, 1.54) is 12.0 Å². The standard InChI is InChI=1S/C13H22N2OS/c1-14-9-13(4-5-16-11-13)10-15(2)7-12-3-6-17-8-12/h3,6,8,14H,4-5,7,9-11H2,1-2H3. The van der Waals surface area contributed by atoms with Crippen LogP contribution in [0.15, 0.2) is 16.8 Å². The minimum atomic E-state index is 0.305. The zero-order chi connectivity index (χ0) is 12.1. The first kappa shape index (κ1) is 13.0. The molecule has 1 N–H and O–H groups in total. The number of thiophene rings is 1. The molecule has 0 aliphatic carbocycles. The van der Waals surface area contributed by atoms with Gasteiger partial charge in [-0.1, -0.05) is 0 Å². The lowest BCUT2D eigenvalue weighted by atomic mass is 9.86. The van der Waals surface area contributed by atoms with Crippen molar-refractivity contribution in [2.75, 3.05) is 40.4 Å².